The number of nitrogens with zero attached hydrogens (tertiary/aromatic N) is 3. The third-order valence-electron chi connectivity index (χ3n) is 5.39. The summed E-state index contributed by atoms with van der Waals surface area (Å²) >= 11 is 0. The van der Waals surface area contributed by atoms with E-state index in [4.69, 9.17) is 9.26 Å². The number of carbonyl (C=O) groups excluding carboxylic acids is 1. The first-order chi connectivity index (χ1) is 16.5. The highest BCUT2D eigenvalue weighted by Crippen LogP contribution is 2.23. The van der Waals surface area contributed by atoms with E-state index < -0.39 is 0 Å². The number of aromatic nitrogens is 4. The van der Waals surface area contributed by atoms with E-state index in [9.17, 15) is 9.59 Å². The van der Waals surface area contributed by atoms with Crippen molar-refractivity contribution in [2.75, 3.05) is 20.2 Å². The van der Waals surface area contributed by atoms with Crippen LogP contribution in [0.15, 0.2) is 57.8 Å². The zero-order valence-electron chi connectivity index (χ0n) is 19.0. The highest BCUT2D eigenvalue weighted by molar-refractivity contribution is 5.83. The van der Waals surface area contributed by atoms with Gasteiger partial charge < -0.3 is 19.9 Å². The van der Waals surface area contributed by atoms with Crippen LogP contribution in [-0.2, 0) is 11.3 Å². The molecular weight excluding hydrogens is 436 g/mol. The molecule has 4 rings (SSSR count). The number of amides is 1. The number of nitrogens with one attached hydrogen (secondary N) is 3. The number of ether oxygens (including phenoxy) is 1. The molecule has 3 N–H and O–H groups in total. The van der Waals surface area contributed by atoms with Crippen molar-refractivity contribution >= 4 is 16.7 Å². The Balaban J connectivity index is 1.22. The van der Waals surface area contributed by atoms with E-state index in [0.29, 0.717) is 36.7 Å². The van der Waals surface area contributed by atoms with Gasteiger partial charge in [-0.2, -0.15) is 10.1 Å². The smallest absolute Gasteiger partial charge is 0.272 e. The Bertz CT molecular complexity index is 1320. The standard InChI is InChI=1S/C24H26N6O4/c1-15(24-27-22(30-34-24)16-7-9-17(33-2)10-8-16)13-21(31)26-12-11-25-14-20-18-5-3-4-6-19(18)23(32)29-28-20/h3-10,15,25H,11-14H2,1-2H3,(H,26,31)(H,29,32). The summed E-state index contributed by atoms with van der Waals surface area (Å²) in [6.45, 7) is 3.35. The van der Waals surface area contributed by atoms with Gasteiger partial charge in [0, 0.05) is 42.9 Å². The monoisotopic (exact) mass is 462 g/mol. The first kappa shape index (κ1) is 23.1. The van der Waals surface area contributed by atoms with Gasteiger partial charge in [-0.25, -0.2) is 5.10 Å². The molecular formula is C24H26N6O4. The fourth-order valence-corrected chi connectivity index (χ4v) is 3.53. The number of hydrogen-bond acceptors (Lipinski definition) is 8. The molecule has 2 aromatic carbocycles. The molecule has 0 fully saturated rings. The maximum atomic E-state index is 12.3. The first-order valence-corrected chi connectivity index (χ1v) is 11.0. The van der Waals surface area contributed by atoms with E-state index in [0.717, 1.165) is 22.4 Å². The van der Waals surface area contributed by atoms with Crippen LogP contribution in [0.2, 0.25) is 0 Å². The van der Waals surface area contributed by atoms with Gasteiger partial charge in [-0.15, -0.1) is 0 Å². The van der Waals surface area contributed by atoms with Crippen molar-refractivity contribution in [3.63, 3.8) is 0 Å². The molecule has 0 saturated carbocycles. The molecule has 10 heteroatoms. The van der Waals surface area contributed by atoms with Gasteiger partial charge in [-0.05, 0) is 30.3 Å². The van der Waals surface area contributed by atoms with Crippen LogP contribution in [0, 0.1) is 0 Å². The minimum atomic E-state index is -0.218. The number of carbonyl (C=O) groups is 1. The molecule has 1 unspecified atom stereocenters. The highest BCUT2D eigenvalue weighted by atomic mass is 16.5. The average molecular weight is 463 g/mol. The van der Waals surface area contributed by atoms with Gasteiger partial charge in [0.1, 0.15) is 5.75 Å². The molecule has 2 heterocycles. The van der Waals surface area contributed by atoms with Crippen LogP contribution in [0.25, 0.3) is 22.2 Å². The molecule has 0 radical (unpaired) electrons. The summed E-state index contributed by atoms with van der Waals surface area (Å²) in [6, 6.07) is 14.7. The van der Waals surface area contributed by atoms with Gasteiger partial charge in [0.2, 0.25) is 17.6 Å². The first-order valence-electron chi connectivity index (χ1n) is 11.0. The molecule has 34 heavy (non-hydrogen) atoms. The van der Waals surface area contributed by atoms with Crippen LogP contribution in [0.3, 0.4) is 0 Å². The van der Waals surface area contributed by atoms with E-state index in [2.05, 4.69) is 31.0 Å². The lowest BCUT2D eigenvalue weighted by Gasteiger charge is -2.09. The van der Waals surface area contributed by atoms with Crippen molar-refractivity contribution in [1.82, 2.24) is 31.0 Å². The van der Waals surface area contributed by atoms with Gasteiger partial charge in [0.25, 0.3) is 5.56 Å². The van der Waals surface area contributed by atoms with Crippen LogP contribution in [0.1, 0.15) is 30.8 Å². The summed E-state index contributed by atoms with van der Waals surface area (Å²) in [5.74, 6) is 1.30. The number of fused-ring (bicyclic) bond motifs is 1. The van der Waals surface area contributed by atoms with E-state index in [1.165, 1.54) is 0 Å². The molecule has 0 aliphatic heterocycles. The van der Waals surface area contributed by atoms with Crippen LogP contribution in [0.4, 0.5) is 0 Å². The second-order valence-corrected chi connectivity index (χ2v) is 7.86. The summed E-state index contributed by atoms with van der Waals surface area (Å²) in [5.41, 5.74) is 1.35. The molecule has 0 aliphatic rings. The minimum Gasteiger partial charge on any atom is -0.497 e. The normalized spacial score (nSPS) is 11.9. The second kappa shape index (κ2) is 10.7. The SMILES string of the molecule is COc1ccc(-c2noc(C(C)CC(=O)NCCNCc3n[nH]c(=O)c4ccccc34)n2)cc1. The summed E-state index contributed by atoms with van der Waals surface area (Å²) < 4.78 is 10.5. The van der Waals surface area contributed by atoms with Crippen LogP contribution in [-0.4, -0.2) is 46.4 Å². The predicted molar refractivity (Wildman–Crippen MR) is 126 cm³/mol. The topological polar surface area (TPSA) is 135 Å². The third kappa shape index (κ3) is 5.46. The number of aromatic amines is 1. The van der Waals surface area contributed by atoms with E-state index in [1.54, 1.807) is 13.2 Å². The van der Waals surface area contributed by atoms with Crippen LogP contribution in [0.5, 0.6) is 5.75 Å². The molecule has 176 valence electrons. The number of hydrogen-bond donors (Lipinski definition) is 3. The quantitative estimate of drug-likeness (QED) is 0.306. The second-order valence-electron chi connectivity index (χ2n) is 7.86. The van der Waals surface area contributed by atoms with Crippen LogP contribution >= 0.6 is 0 Å². The average Bonchev–Trinajstić information content (AvgIpc) is 3.36. The van der Waals surface area contributed by atoms with Crippen molar-refractivity contribution in [3.05, 3.63) is 70.5 Å². The molecule has 0 saturated heterocycles. The van der Waals surface area contributed by atoms with Gasteiger partial charge in [0.15, 0.2) is 0 Å². The Kier molecular flexibility index (Phi) is 7.28. The summed E-state index contributed by atoms with van der Waals surface area (Å²) in [5, 5.41) is 18.2. The third-order valence-corrected chi connectivity index (χ3v) is 5.39. The predicted octanol–water partition coefficient (Wildman–Crippen LogP) is 2.38. The van der Waals surface area contributed by atoms with Crippen molar-refractivity contribution in [2.24, 2.45) is 0 Å². The molecule has 0 spiro atoms. The summed E-state index contributed by atoms with van der Waals surface area (Å²) in [7, 11) is 1.61. The molecule has 0 aliphatic carbocycles. The Labute approximate surface area is 195 Å². The molecule has 10 nitrogen and oxygen atoms in total. The Morgan fingerprint density at radius 3 is 2.65 bits per heavy atom. The lowest BCUT2D eigenvalue weighted by Crippen LogP contribution is -2.32. The maximum absolute atomic E-state index is 12.3. The Morgan fingerprint density at radius 2 is 1.88 bits per heavy atom. The van der Waals surface area contributed by atoms with E-state index >= 15 is 0 Å². The van der Waals surface area contributed by atoms with Crippen molar-refractivity contribution in [1.29, 1.82) is 0 Å². The molecule has 0 bridgehead atoms. The van der Waals surface area contributed by atoms with Gasteiger partial charge in [0.05, 0.1) is 18.2 Å². The van der Waals surface area contributed by atoms with E-state index in [1.807, 2.05) is 49.4 Å². The molecule has 2 aromatic heterocycles. The number of methoxy groups -OCH3 is 1. The zero-order valence-corrected chi connectivity index (χ0v) is 19.0. The largest absolute Gasteiger partial charge is 0.497 e. The maximum Gasteiger partial charge on any atom is 0.272 e. The zero-order chi connectivity index (χ0) is 23.9. The van der Waals surface area contributed by atoms with Gasteiger partial charge >= 0.3 is 0 Å². The molecule has 1 amide bonds. The van der Waals surface area contributed by atoms with Crippen molar-refractivity contribution < 1.29 is 14.1 Å². The number of benzene rings is 2. The number of H-pyrrole nitrogens is 1. The van der Waals surface area contributed by atoms with Crippen molar-refractivity contribution in [2.45, 2.75) is 25.8 Å². The summed E-state index contributed by atoms with van der Waals surface area (Å²) in [6.07, 6.45) is 0.233. The Hall–Kier alpha value is -4.05. The Morgan fingerprint density at radius 1 is 1.12 bits per heavy atom. The lowest BCUT2D eigenvalue weighted by molar-refractivity contribution is -0.121. The van der Waals surface area contributed by atoms with Gasteiger partial charge in [-0.3, -0.25) is 9.59 Å². The lowest BCUT2D eigenvalue weighted by atomic mass is 10.1. The minimum absolute atomic E-state index is 0.105. The fourth-order valence-electron chi connectivity index (χ4n) is 3.53. The fraction of sp³-hybridized carbons (Fsp3) is 0.292. The highest BCUT2D eigenvalue weighted by Gasteiger charge is 2.18. The van der Waals surface area contributed by atoms with E-state index in [-0.39, 0.29) is 23.8 Å². The van der Waals surface area contributed by atoms with Gasteiger partial charge in [-0.1, -0.05) is 30.3 Å². The molecule has 1 atom stereocenters. The molecule has 4 aromatic rings. The van der Waals surface area contributed by atoms with Crippen molar-refractivity contribution in [3.8, 4) is 17.1 Å². The number of rotatable bonds is 10. The summed E-state index contributed by atoms with van der Waals surface area (Å²) in [4.78, 5) is 28.6. The van der Waals surface area contributed by atoms with Crippen LogP contribution < -0.4 is 20.9 Å².